The average molecular weight is 498 g/mol. The van der Waals surface area contributed by atoms with E-state index in [0.717, 1.165) is 28.5 Å². The van der Waals surface area contributed by atoms with E-state index in [1.54, 1.807) is 24.0 Å². The summed E-state index contributed by atoms with van der Waals surface area (Å²) in [6, 6.07) is 13.3. The van der Waals surface area contributed by atoms with Crippen LogP contribution < -0.4 is 0 Å². The van der Waals surface area contributed by atoms with Gasteiger partial charge in [0.05, 0.1) is 4.90 Å². The molecule has 8 nitrogen and oxygen atoms in total. The van der Waals surface area contributed by atoms with Crippen molar-refractivity contribution in [3.63, 3.8) is 0 Å². The van der Waals surface area contributed by atoms with Gasteiger partial charge in [0.15, 0.2) is 6.61 Å². The van der Waals surface area contributed by atoms with Crippen molar-refractivity contribution < 1.29 is 22.7 Å². The molecular weight excluding hydrogens is 466 g/mol. The number of H-pyrrole nitrogens is 1. The molecule has 2 aromatic carbocycles. The Labute approximate surface area is 205 Å². The lowest BCUT2D eigenvalue weighted by molar-refractivity contribution is -0.152. The number of sulfonamides is 1. The van der Waals surface area contributed by atoms with Gasteiger partial charge in [0.25, 0.3) is 5.91 Å². The summed E-state index contributed by atoms with van der Waals surface area (Å²) in [6.45, 7) is 4.33. The summed E-state index contributed by atoms with van der Waals surface area (Å²) in [6.07, 6.45) is 3.56. The Morgan fingerprint density at radius 3 is 2.51 bits per heavy atom. The summed E-state index contributed by atoms with van der Waals surface area (Å²) in [5.41, 5.74) is 3.93. The number of nitrogens with zero attached hydrogens (tertiary/aromatic N) is 2. The standard InChI is InChI=1S/C26H31N3O5S/c1-19-10-11-24(20(2)16-19)35(32,33)29-14-12-28(13-15-29)25(30)18-34-26(31)9-5-6-21-17-27-23-8-4-3-7-22(21)23/h3-4,7-8,10-11,16-17,27H,5-6,9,12-15,18H2,1-2H3. The summed E-state index contributed by atoms with van der Waals surface area (Å²) < 4.78 is 32.6. The van der Waals surface area contributed by atoms with Gasteiger partial charge in [-0.1, -0.05) is 35.9 Å². The van der Waals surface area contributed by atoms with Gasteiger partial charge in [0, 0.05) is 49.7 Å². The fourth-order valence-corrected chi connectivity index (χ4v) is 6.10. The van der Waals surface area contributed by atoms with E-state index in [4.69, 9.17) is 4.74 Å². The predicted molar refractivity (Wildman–Crippen MR) is 133 cm³/mol. The maximum absolute atomic E-state index is 13.0. The summed E-state index contributed by atoms with van der Waals surface area (Å²) in [7, 11) is -3.62. The molecule has 1 amide bonds. The number of para-hydroxylation sites is 1. The Balaban J connectivity index is 1.20. The number of aromatic amines is 1. The minimum atomic E-state index is -3.62. The Morgan fingerprint density at radius 2 is 1.77 bits per heavy atom. The molecule has 35 heavy (non-hydrogen) atoms. The largest absolute Gasteiger partial charge is 0.456 e. The molecule has 3 aromatic rings. The number of hydrogen-bond donors (Lipinski definition) is 1. The molecule has 0 saturated carbocycles. The molecule has 0 aliphatic carbocycles. The number of aryl methyl sites for hydroxylation is 3. The molecule has 2 heterocycles. The van der Waals surface area contributed by atoms with Crippen LogP contribution in [-0.4, -0.2) is 67.3 Å². The Morgan fingerprint density at radius 1 is 1.03 bits per heavy atom. The number of ether oxygens (including phenoxy) is 1. The van der Waals surface area contributed by atoms with Gasteiger partial charge in [-0.15, -0.1) is 0 Å². The predicted octanol–water partition coefficient (Wildman–Crippen LogP) is 3.18. The van der Waals surface area contributed by atoms with Crippen molar-refractivity contribution in [2.24, 2.45) is 0 Å². The third-order valence-electron chi connectivity index (χ3n) is 6.40. The first kappa shape index (κ1) is 24.9. The molecule has 0 atom stereocenters. The van der Waals surface area contributed by atoms with Crippen LogP contribution in [0.5, 0.6) is 0 Å². The highest BCUT2D eigenvalue weighted by Gasteiger charge is 2.31. The summed E-state index contributed by atoms with van der Waals surface area (Å²) in [5.74, 6) is -0.715. The number of fused-ring (bicyclic) bond motifs is 1. The van der Waals surface area contributed by atoms with E-state index in [-0.39, 0.29) is 45.1 Å². The zero-order valence-electron chi connectivity index (χ0n) is 20.1. The number of nitrogens with one attached hydrogen (secondary N) is 1. The van der Waals surface area contributed by atoms with Crippen LogP contribution in [0.2, 0.25) is 0 Å². The molecule has 1 saturated heterocycles. The minimum Gasteiger partial charge on any atom is -0.456 e. The number of carbonyl (C=O) groups excluding carboxylic acids is 2. The van der Waals surface area contributed by atoms with Crippen molar-refractivity contribution in [1.29, 1.82) is 0 Å². The van der Waals surface area contributed by atoms with Crippen molar-refractivity contribution in [3.05, 3.63) is 65.4 Å². The lowest BCUT2D eigenvalue weighted by Crippen LogP contribution is -2.51. The van der Waals surface area contributed by atoms with E-state index in [9.17, 15) is 18.0 Å². The average Bonchev–Trinajstić information content (AvgIpc) is 3.25. The maximum Gasteiger partial charge on any atom is 0.306 e. The van der Waals surface area contributed by atoms with Crippen molar-refractivity contribution in [1.82, 2.24) is 14.2 Å². The van der Waals surface area contributed by atoms with Crippen LogP contribution >= 0.6 is 0 Å². The fourth-order valence-electron chi connectivity index (χ4n) is 4.47. The normalized spacial score (nSPS) is 14.9. The van der Waals surface area contributed by atoms with Crippen LogP contribution in [0, 0.1) is 13.8 Å². The molecule has 4 rings (SSSR count). The number of aromatic nitrogens is 1. The lowest BCUT2D eigenvalue weighted by atomic mass is 10.1. The number of benzene rings is 2. The van der Waals surface area contributed by atoms with Gasteiger partial charge in [-0.25, -0.2) is 8.42 Å². The topological polar surface area (TPSA) is 99.8 Å². The SMILES string of the molecule is Cc1ccc(S(=O)(=O)N2CCN(C(=O)COC(=O)CCCc3c[nH]c4ccccc34)CC2)c(C)c1. The van der Waals surface area contributed by atoms with E-state index >= 15 is 0 Å². The lowest BCUT2D eigenvalue weighted by Gasteiger charge is -2.34. The highest BCUT2D eigenvalue weighted by atomic mass is 32.2. The van der Waals surface area contributed by atoms with Crippen molar-refractivity contribution in [2.45, 2.75) is 38.0 Å². The molecule has 0 bridgehead atoms. The number of piperazine rings is 1. The van der Waals surface area contributed by atoms with Crippen LogP contribution in [-0.2, 0) is 30.8 Å². The van der Waals surface area contributed by atoms with E-state index in [2.05, 4.69) is 4.98 Å². The second-order valence-corrected chi connectivity index (χ2v) is 10.8. The number of amides is 1. The molecule has 9 heteroatoms. The van der Waals surface area contributed by atoms with Gasteiger partial charge >= 0.3 is 5.97 Å². The highest BCUT2D eigenvalue weighted by Crippen LogP contribution is 2.22. The molecule has 1 aliphatic heterocycles. The third kappa shape index (κ3) is 5.74. The van der Waals surface area contributed by atoms with Gasteiger partial charge in [-0.2, -0.15) is 4.31 Å². The van der Waals surface area contributed by atoms with Gasteiger partial charge in [-0.3, -0.25) is 9.59 Å². The third-order valence-corrected chi connectivity index (χ3v) is 8.46. The first-order chi connectivity index (χ1) is 16.8. The van der Waals surface area contributed by atoms with Crippen molar-refractivity contribution in [2.75, 3.05) is 32.8 Å². The Bertz CT molecular complexity index is 1320. The fraction of sp³-hybridized carbons (Fsp3) is 0.385. The van der Waals surface area contributed by atoms with Crippen LogP contribution in [0.25, 0.3) is 10.9 Å². The van der Waals surface area contributed by atoms with Crippen LogP contribution in [0.1, 0.15) is 29.5 Å². The van der Waals surface area contributed by atoms with Crippen LogP contribution in [0.15, 0.2) is 53.6 Å². The number of rotatable bonds is 8. The Hall–Kier alpha value is -3.17. The van der Waals surface area contributed by atoms with Gasteiger partial charge in [-0.05, 0) is 49.9 Å². The molecule has 186 valence electrons. The number of esters is 1. The number of hydrogen-bond acceptors (Lipinski definition) is 5. The van der Waals surface area contributed by atoms with E-state index in [0.29, 0.717) is 16.9 Å². The van der Waals surface area contributed by atoms with E-state index < -0.39 is 16.0 Å². The zero-order valence-corrected chi connectivity index (χ0v) is 20.9. The second-order valence-electron chi connectivity index (χ2n) is 8.93. The molecule has 1 fully saturated rings. The maximum atomic E-state index is 13.0. The zero-order chi connectivity index (χ0) is 25.0. The van der Waals surface area contributed by atoms with Crippen molar-refractivity contribution >= 4 is 32.8 Å². The molecule has 1 N–H and O–H groups in total. The molecule has 0 radical (unpaired) electrons. The number of carbonyl (C=O) groups is 2. The smallest absolute Gasteiger partial charge is 0.306 e. The second kappa shape index (κ2) is 10.6. The quantitative estimate of drug-likeness (QED) is 0.482. The van der Waals surface area contributed by atoms with Crippen LogP contribution in [0.3, 0.4) is 0 Å². The molecule has 1 aromatic heterocycles. The summed E-state index contributed by atoms with van der Waals surface area (Å²) in [5, 5.41) is 1.15. The first-order valence-electron chi connectivity index (χ1n) is 11.8. The monoisotopic (exact) mass is 497 g/mol. The first-order valence-corrected chi connectivity index (χ1v) is 13.3. The Kier molecular flexibility index (Phi) is 7.57. The highest BCUT2D eigenvalue weighted by molar-refractivity contribution is 7.89. The summed E-state index contributed by atoms with van der Waals surface area (Å²) >= 11 is 0. The van der Waals surface area contributed by atoms with Crippen LogP contribution in [0.4, 0.5) is 0 Å². The molecule has 0 unspecified atom stereocenters. The van der Waals surface area contributed by atoms with Gasteiger partial charge in [0.2, 0.25) is 10.0 Å². The van der Waals surface area contributed by atoms with E-state index in [1.165, 1.54) is 4.31 Å². The minimum absolute atomic E-state index is 0.208. The molecule has 1 aliphatic rings. The summed E-state index contributed by atoms with van der Waals surface area (Å²) in [4.78, 5) is 29.7. The molecule has 0 spiro atoms. The van der Waals surface area contributed by atoms with E-state index in [1.807, 2.05) is 43.5 Å². The van der Waals surface area contributed by atoms with Crippen molar-refractivity contribution in [3.8, 4) is 0 Å². The van der Waals surface area contributed by atoms with Gasteiger partial charge in [0.1, 0.15) is 0 Å². The molecular formula is C26H31N3O5S. The van der Waals surface area contributed by atoms with Gasteiger partial charge < -0.3 is 14.6 Å².